The summed E-state index contributed by atoms with van der Waals surface area (Å²) in [5.74, 6) is 2.61. The summed E-state index contributed by atoms with van der Waals surface area (Å²) in [5, 5.41) is 11.9. The summed E-state index contributed by atoms with van der Waals surface area (Å²) in [7, 11) is 1.87. The van der Waals surface area contributed by atoms with Gasteiger partial charge in [0, 0.05) is 31.1 Å². The zero-order valence-electron chi connectivity index (χ0n) is 12.8. The van der Waals surface area contributed by atoms with Crippen LogP contribution in [0.1, 0.15) is 45.9 Å². The highest BCUT2D eigenvalue weighted by molar-refractivity contribution is 5.51. The van der Waals surface area contributed by atoms with Crippen molar-refractivity contribution in [1.82, 2.24) is 9.97 Å². The first-order chi connectivity index (χ1) is 9.45. The van der Waals surface area contributed by atoms with Crippen molar-refractivity contribution in [2.24, 2.45) is 0 Å². The van der Waals surface area contributed by atoms with Gasteiger partial charge in [0.15, 0.2) is 0 Å². The van der Waals surface area contributed by atoms with Crippen LogP contribution in [0.4, 0.5) is 11.6 Å². The van der Waals surface area contributed by atoms with Gasteiger partial charge in [-0.05, 0) is 12.8 Å². The van der Waals surface area contributed by atoms with Gasteiger partial charge in [0.05, 0.1) is 12.5 Å². The van der Waals surface area contributed by atoms with Gasteiger partial charge in [-0.3, -0.25) is 0 Å². The largest absolute Gasteiger partial charge is 0.373 e. The Bertz CT molecular complexity index is 508. The second-order valence-electron chi connectivity index (χ2n) is 6.27. The Morgan fingerprint density at radius 1 is 1.40 bits per heavy atom. The maximum atomic E-state index is 8.83. The molecule has 1 aromatic rings. The third kappa shape index (κ3) is 3.38. The van der Waals surface area contributed by atoms with Crippen LogP contribution in [0.25, 0.3) is 0 Å². The first-order valence-corrected chi connectivity index (χ1v) is 7.16. The zero-order chi connectivity index (χ0) is 14.8. The van der Waals surface area contributed by atoms with Crippen LogP contribution in [0.15, 0.2) is 6.07 Å². The molecule has 0 bridgehead atoms. The summed E-state index contributed by atoms with van der Waals surface area (Å²) in [5.41, 5.74) is -0.0912. The topological polar surface area (TPSA) is 64.8 Å². The van der Waals surface area contributed by atoms with Crippen LogP contribution in [0, 0.1) is 11.3 Å². The lowest BCUT2D eigenvalue weighted by Gasteiger charge is -2.25. The van der Waals surface area contributed by atoms with Gasteiger partial charge in [0.2, 0.25) is 0 Å². The maximum absolute atomic E-state index is 8.83. The molecule has 1 fully saturated rings. The van der Waals surface area contributed by atoms with Crippen LogP contribution in [0.2, 0.25) is 0 Å². The predicted molar refractivity (Wildman–Crippen MR) is 80.9 cm³/mol. The molecule has 2 rings (SSSR count). The second-order valence-corrected chi connectivity index (χ2v) is 6.27. The molecule has 0 saturated heterocycles. The molecule has 0 atom stereocenters. The summed E-state index contributed by atoms with van der Waals surface area (Å²) >= 11 is 0. The maximum Gasteiger partial charge on any atom is 0.138 e. The van der Waals surface area contributed by atoms with E-state index < -0.39 is 0 Å². The predicted octanol–water partition coefficient (Wildman–Crippen LogP) is 2.70. The minimum Gasteiger partial charge on any atom is -0.373 e. The Morgan fingerprint density at radius 3 is 2.60 bits per heavy atom. The molecule has 1 heterocycles. The number of nitrogens with one attached hydrogen (secondary N) is 1. The van der Waals surface area contributed by atoms with E-state index >= 15 is 0 Å². The number of hydrogen-bond acceptors (Lipinski definition) is 5. The van der Waals surface area contributed by atoms with Gasteiger partial charge in [-0.2, -0.15) is 5.26 Å². The summed E-state index contributed by atoms with van der Waals surface area (Å²) in [4.78, 5) is 11.5. The number of rotatable bonds is 5. The van der Waals surface area contributed by atoms with Gasteiger partial charge < -0.3 is 10.2 Å². The minimum atomic E-state index is -0.0912. The molecular weight excluding hydrogens is 250 g/mol. The molecule has 1 aliphatic carbocycles. The van der Waals surface area contributed by atoms with Crippen LogP contribution in [-0.4, -0.2) is 29.6 Å². The summed E-state index contributed by atoms with van der Waals surface area (Å²) < 4.78 is 0. The van der Waals surface area contributed by atoms with Gasteiger partial charge in [-0.15, -0.1) is 0 Å². The van der Waals surface area contributed by atoms with Crippen molar-refractivity contribution in [3.63, 3.8) is 0 Å². The van der Waals surface area contributed by atoms with Crippen LogP contribution in [0.5, 0.6) is 0 Å². The molecule has 1 N–H and O–H groups in total. The highest BCUT2D eigenvalue weighted by Gasteiger charge is 2.31. The molecule has 5 heteroatoms. The Morgan fingerprint density at radius 2 is 2.10 bits per heavy atom. The van der Waals surface area contributed by atoms with Crippen molar-refractivity contribution in [2.45, 2.75) is 51.5 Å². The Balaban J connectivity index is 2.35. The fourth-order valence-electron chi connectivity index (χ4n) is 2.09. The van der Waals surface area contributed by atoms with E-state index in [1.165, 1.54) is 12.8 Å². The number of nitriles is 1. The van der Waals surface area contributed by atoms with Crippen LogP contribution in [0.3, 0.4) is 0 Å². The van der Waals surface area contributed by atoms with E-state index in [4.69, 9.17) is 10.2 Å². The lowest BCUT2D eigenvalue weighted by atomic mass is 9.96. The van der Waals surface area contributed by atoms with Crippen LogP contribution >= 0.6 is 0 Å². The van der Waals surface area contributed by atoms with Crippen molar-refractivity contribution in [2.75, 3.05) is 23.8 Å². The first kappa shape index (κ1) is 14.6. The molecule has 0 spiro atoms. The summed E-state index contributed by atoms with van der Waals surface area (Å²) in [6, 6.07) is 4.74. The highest BCUT2D eigenvalue weighted by atomic mass is 15.2. The van der Waals surface area contributed by atoms with Crippen molar-refractivity contribution in [3.05, 3.63) is 11.9 Å². The number of aromatic nitrogens is 2. The summed E-state index contributed by atoms with van der Waals surface area (Å²) in [6.07, 6.45) is 2.91. The summed E-state index contributed by atoms with van der Waals surface area (Å²) in [6.45, 7) is 7.08. The molecule has 20 heavy (non-hydrogen) atoms. The second kappa shape index (κ2) is 5.66. The normalized spacial score (nSPS) is 14.8. The van der Waals surface area contributed by atoms with Crippen LogP contribution < -0.4 is 10.2 Å². The first-order valence-electron chi connectivity index (χ1n) is 7.16. The molecule has 0 radical (unpaired) electrons. The molecule has 1 aromatic heterocycles. The third-order valence-electron chi connectivity index (χ3n) is 3.39. The van der Waals surface area contributed by atoms with E-state index in [2.05, 4.69) is 42.0 Å². The Hall–Kier alpha value is -1.83. The molecule has 0 amide bonds. The standard InChI is InChI=1S/C15H23N5/c1-15(2,3)14-18-12(17-4)10-13(19-14)20(9-5-8-16)11-6-7-11/h10-11H,5-7,9H2,1-4H3,(H,17,18,19). The van der Waals surface area contributed by atoms with Gasteiger partial charge in [0.25, 0.3) is 0 Å². The van der Waals surface area contributed by atoms with E-state index in [9.17, 15) is 0 Å². The molecular formula is C15H23N5. The molecule has 108 valence electrons. The average Bonchev–Trinajstić information content (AvgIpc) is 3.22. The van der Waals surface area contributed by atoms with E-state index in [1.54, 1.807) is 0 Å². The molecule has 0 unspecified atom stereocenters. The fourth-order valence-corrected chi connectivity index (χ4v) is 2.09. The lowest BCUT2D eigenvalue weighted by Crippen LogP contribution is -2.29. The number of nitrogens with zero attached hydrogens (tertiary/aromatic N) is 4. The van der Waals surface area contributed by atoms with Crippen LogP contribution in [-0.2, 0) is 5.41 Å². The van der Waals surface area contributed by atoms with E-state index in [-0.39, 0.29) is 5.41 Å². The molecule has 0 aliphatic heterocycles. The fraction of sp³-hybridized carbons (Fsp3) is 0.667. The van der Waals surface area contributed by atoms with Gasteiger partial charge >= 0.3 is 0 Å². The third-order valence-corrected chi connectivity index (χ3v) is 3.39. The monoisotopic (exact) mass is 273 g/mol. The van der Waals surface area contributed by atoms with Gasteiger partial charge in [-0.1, -0.05) is 20.8 Å². The number of anilines is 2. The average molecular weight is 273 g/mol. The lowest BCUT2D eigenvalue weighted by molar-refractivity contribution is 0.544. The van der Waals surface area contributed by atoms with Crippen molar-refractivity contribution in [3.8, 4) is 6.07 Å². The smallest absolute Gasteiger partial charge is 0.138 e. The van der Waals surface area contributed by atoms with Gasteiger partial charge in [0.1, 0.15) is 17.5 Å². The number of hydrogen-bond donors (Lipinski definition) is 1. The SMILES string of the molecule is CNc1cc(N(CCC#N)C2CC2)nc(C(C)(C)C)n1. The minimum absolute atomic E-state index is 0.0912. The molecule has 0 aromatic carbocycles. The van der Waals surface area contributed by atoms with E-state index in [0.717, 1.165) is 24.0 Å². The van der Waals surface area contributed by atoms with Crippen molar-refractivity contribution in [1.29, 1.82) is 5.26 Å². The quantitative estimate of drug-likeness (QED) is 0.893. The highest BCUT2D eigenvalue weighted by Crippen LogP contribution is 2.32. The van der Waals surface area contributed by atoms with E-state index in [0.29, 0.717) is 12.5 Å². The molecule has 1 aliphatic rings. The Labute approximate surface area is 121 Å². The molecule has 5 nitrogen and oxygen atoms in total. The van der Waals surface area contributed by atoms with Crippen molar-refractivity contribution >= 4 is 11.6 Å². The Kier molecular flexibility index (Phi) is 4.12. The van der Waals surface area contributed by atoms with Gasteiger partial charge in [-0.25, -0.2) is 9.97 Å². The molecule has 1 saturated carbocycles. The van der Waals surface area contributed by atoms with Crippen molar-refractivity contribution < 1.29 is 0 Å². The van der Waals surface area contributed by atoms with E-state index in [1.807, 2.05) is 13.1 Å². The zero-order valence-corrected chi connectivity index (χ0v) is 12.8.